The van der Waals surface area contributed by atoms with Crippen LogP contribution in [-0.2, 0) is 28.9 Å². The maximum Gasteiger partial charge on any atom is 0.410 e. The van der Waals surface area contributed by atoms with Crippen molar-refractivity contribution in [1.29, 1.82) is 5.26 Å². The zero-order chi connectivity index (χ0) is 21.5. The normalized spacial score (nSPS) is 12.6. The van der Waals surface area contributed by atoms with Gasteiger partial charge in [0.15, 0.2) is 0 Å². The minimum absolute atomic E-state index is 0.154. The summed E-state index contributed by atoms with van der Waals surface area (Å²) in [6.07, 6.45) is 1.05. The van der Waals surface area contributed by atoms with Gasteiger partial charge in [-0.2, -0.15) is 5.26 Å². The standard InChI is InChI=1S/C22H25N3O4S/c1-3-28-18-8-6-5-7-15(18)9-10-20(26)24-21-17(13-23)16-11-12-25(14-19(16)30-21)22(27)29-4-2/h5-8H,3-4,9-12,14H2,1-2H3,(H,24,26). The number of thiophene rings is 1. The number of carbonyl (C=O) groups excluding carboxylic acids is 2. The smallest absolute Gasteiger partial charge is 0.410 e. The van der Waals surface area contributed by atoms with Crippen molar-refractivity contribution in [2.45, 2.75) is 39.7 Å². The van der Waals surface area contributed by atoms with E-state index in [1.165, 1.54) is 11.3 Å². The average Bonchev–Trinajstić information content (AvgIpc) is 3.09. The largest absolute Gasteiger partial charge is 0.494 e. The highest BCUT2D eigenvalue weighted by Gasteiger charge is 2.28. The van der Waals surface area contributed by atoms with Gasteiger partial charge in [-0.1, -0.05) is 18.2 Å². The number of ether oxygens (including phenoxy) is 2. The molecule has 8 heteroatoms. The van der Waals surface area contributed by atoms with E-state index in [1.807, 2.05) is 31.2 Å². The highest BCUT2D eigenvalue weighted by Crippen LogP contribution is 2.37. The monoisotopic (exact) mass is 427 g/mol. The van der Waals surface area contributed by atoms with Crippen LogP contribution in [0.2, 0.25) is 0 Å². The number of anilines is 1. The highest BCUT2D eigenvalue weighted by molar-refractivity contribution is 7.16. The van der Waals surface area contributed by atoms with Gasteiger partial charge in [0.05, 0.1) is 25.3 Å². The number of nitrogens with zero attached hydrogens (tertiary/aromatic N) is 2. The number of hydrogen-bond donors (Lipinski definition) is 1. The molecule has 1 aromatic heterocycles. The highest BCUT2D eigenvalue weighted by atomic mass is 32.1. The van der Waals surface area contributed by atoms with E-state index >= 15 is 0 Å². The van der Waals surface area contributed by atoms with Crippen LogP contribution < -0.4 is 10.1 Å². The molecule has 2 amide bonds. The molecule has 2 heterocycles. The van der Waals surface area contributed by atoms with Crippen LogP contribution in [0.25, 0.3) is 0 Å². The van der Waals surface area contributed by atoms with Gasteiger partial charge < -0.3 is 19.7 Å². The van der Waals surface area contributed by atoms with E-state index in [4.69, 9.17) is 9.47 Å². The number of benzene rings is 1. The molecule has 0 aliphatic carbocycles. The van der Waals surface area contributed by atoms with Crippen molar-refractivity contribution in [2.75, 3.05) is 25.1 Å². The molecule has 0 atom stereocenters. The minimum Gasteiger partial charge on any atom is -0.494 e. The van der Waals surface area contributed by atoms with Gasteiger partial charge in [0, 0.05) is 17.8 Å². The van der Waals surface area contributed by atoms with Crippen LogP contribution in [-0.4, -0.2) is 36.7 Å². The van der Waals surface area contributed by atoms with Crippen molar-refractivity contribution in [2.24, 2.45) is 0 Å². The molecule has 1 aromatic carbocycles. The van der Waals surface area contributed by atoms with Gasteiger partial charge in [0.2, 0.25) is 5.91 Å². The first-order valence-corrected chi connectivity index (χ1v) is 10.9. The molecule has 0 saturated carbocycles. The van der Waals surface area contributed by atoms with Gasteiger partial charge in [-0.15, -0.1) is 11.3 Å². The first-order chi connectivity index (χ1) is 14.6. The van der Waals surface area contributed by atoms with Crippen LogP contribution in [0.3, 0.4) is 0 Å². The lowest BCUT2D eigenvalue weighted by Gasteiger charge is -2.25. The van der Waals surface area contributed by atoms with E-state index in [9.17, 15) is 14.9 Å². The predicted molar refractivity (Wildman–Crippen MR) is 115 cm³/mol. The summed E-state index contributed by atoms with van der Waals surface area (Å²) in [6.45, 7) is 5.48. The Hall–Kier alpha value is -3.05. The Kier molecular flexibility index (Phi) is 7.31. The van der Waals surface area contributed by atoms with Crippen LogP contribution in [0.15, 0.2) is 24.3 Å². The molecule has 0 bridgehead atoms. The fourth-order valence-corrected chi connectivity index (χ4v) is 4.65. The number of para-hydroxylation sites is 1. The van der Waals surface area contributed by atoms with Crippen LogP contribution in [0.5, 0.6) is 5.75 Å². The van der Waals surface area contributed by atoms with Crippen molar-refractivity contribution in [1.82, 2.24) is 4.90 Å². The predicted octanol–water partition coefficient (Wildman–Crippen LogP) is 4.10. The number of rotatable bonds is 7. The van der Waals surface area contributed by atoms with E-state index < -0.39 is 0 Å². The molecule has 0 saturated heterocycles. The Morgan fingerprint density at radius 3 is 2.80 bits per heavy atom. The van der Waals surface area contributed by atoms with Crippen molar-refractivity contribution >= 4 is 28.3 Å². The molecule has 3 rings (SSSR count). The molecular weight excluding hydrogens is 402 g/mol. The third kappa shape index (κ3) is 4.92. The molecule has 30 heavy (non-hydrogen) atoms. The van der Waals surface area contributed by atoms with Crippen LogP contribution >= 0.6 is 11.3 Å². The fraction of sp³-hybridized carbons (Fsp3) is 0.409. The number of aryl methyl sites for hydroxylation is 1. The Morgan fingerprint density at radius 1 is 1.27 bits per heavy atom. The zero-order valence-corrected chi connectivity index (χ0v) is 18.0. The topological polar surface area (TPSA) is 91.7 Å². The van der Waals surface area contributed by atoms with Crippen molar-refractivity contribution < 1.29 is 19.1 Å². The summed E-state index contributed by atoms with van der Waals surface area (Å²) in [5.74, 6) is 0.634. The summed E-state index contributed by atoms with van der Waals surface area (Å²) in [4.78, 5) is 27.1. The van der Waals surface area contributed by atoms with Gasteiger partial charge in [-0.05, 0) is 43.9 Å². The van der Waals surface area contributed by atoms with Gasteiger partial charge in [0.25, 0.3) is 0 Å². The summed E-state index contributed by atoms with van der Waals surface area (Å²) in [7, 11) is 0. The Balaban J connectivity index is 1.67. The lowest BCUT2D eigenvalue weighted by molar-refractivity contribution is -0.116. The zero-order valence-electron chi connectivity index (χ0n) is 17.2. The van der Waals surface area contributed by atoms with Gasteiger partial charge in [-0.3, -0.25) is 4.79 Å². The van der Waals surface area contributed by atoms with Gasteiger partial charge in [0.1, 0.15) is 16.8 Å². The summed E-state index contributed by atoms with van der Waals surface area (Å²) >= 11 is 1.36. The molecule has 1 N–H and O–H groups in total. The van der Waals surface area contributed by atoms with E-state index in [0.717, 1.165) is 21.8 Å². The van der Waals surface area contributed by atoms with Crippen LogP contribution in [0, 0.1) is 11.3 Å². The second-order valence-electron chi connectivity index (χ2n) is 6.78. The summed E-state index contributed by atoms with van der Waals surface area (Å²) < 4.78 is 10.7. The first kappa shape index (κ1) is 21.7. The van der Waals surface area contributed by atoms with Gasteiger partial charge >= 0.3 is 6.09 Å². The molecule has 1 aliphatic heterocycles. The lowest BCUT2D eigenvalue weighted by Crippen LogP contribution is -2.35. The molecule has 1 aliphatic rings. The number of fused-ring (bicyclic) bond motifs is 1. The second kappa shape index (κ2) is 10.1. The van der Waals surface area contributed by atoms with E-state index in [0.29, 0.717) is 49.7 Å². The van der Waals surface area contributed by atoms with Crippen LogP contribution in [0.4, 0.5) is 9.80 Å². The SMILES string of the molecule is CCOC(=O)N1CCc2c(sc(NC(=O)CCc3ccccc3OCC)c2C#N)C1. The van der Waals surface area contributed by atoms with E-state index in [1.54, 1.807) is 11.8 Å². The van der Waals surface area contributed by atoms with Crippen molar-refractivity contribution in [3.05, 3.63) is 45.8 Å². The molecule has 158 valence electrons. The van der Waals surface area contributed by atoms with E-state index in [2.05, 4.69) is 11.4 Å². The maximum atomic E-state index is 12.6. The minimum atomic E-state index is -0.353. The molecule has 7 nitrogen and oxygen atoms in total. The molecule has 2 aromatic rings. The molecule has 0 unspecified atom stereocenters. The molecule has 0 radical (unpaired) electrons. The quantitative estimate of drug-likeness (QED) is 0.718. The average molecular weight is 428 g/mol. The molecular formula is C22H25N3O4S. The first-order valence-electron chi connectivity index (χ1n) is 10.0. The molecule has 0 spiro atoms. The number of nitrogens with one attached hydrogen (secondary N) is 1. The summed E-state index contributed by atoms with van der Waals surface area (Å²) in [6, 6.07) is 9.90. The number of nitriles is 1. The number of amides is 2. The second-order valence-corrected chi connectivity index (χ2v) is 7.88. The van der Waals surface area contributed by atoms with Gasteiger partial charge in [-0.25, -0.2) is 4.79 Å². The Labute approximate surface area is 180 Å². The Bertz CT molecular complexity index is 964. The van der Waals surface area contributed by atoms with Crippen molar-refractivity contribution in [3.8, 4) is 11.8 Å². The number of hydrogen-bond acceptors (Lipinski definition) is 6. The Morgan fingerprint density at radius 2 is 2.07 bits per heavy atom. The summed E-state index contributed by atoms with van der Waals surface area (Å²) in [5, 5.41) is 13.1. The maximum absolute atomic E-state index is 12.6. The van der Waals surface area contributed by atoms with Crippen molar-refractivity contribution in [3.63, 3.8) is 0 Å². The third-order valence-corrected chi connectivity index (χ3v) is 5.97. The number of carbonyl (C=O) groups is 2. The van der Waals surface area contributed by atoms with Crippen LogP contribution in [0.1, 0.15) is 41.8 Å². The molecule has 0 fully saturated rings. The fourth-order valence-electron chi connectivity index (χ4n) is 3.42. The lowest BCUT2D eigenvalue weighted by atomic mass is 10.0. The summed E-state index contributed by atoms with van der Waals surface area (Å²) in [5.41, 5.74) is 2.40. The third-order valence-electron chi connectivity index (χ3n) is 4.84. The van der Waals surface area contributed by atoms with E-state index in [-0.39, 0.29) is 18.4 Å².